The first kappa shape index (κ1) is 16.3. The number of nitrogens with two attached hydrogens (primary N) is 1. The van der Waals surface area contributed by atoms with Gasteiger partial charge in [0.05, 0.1) is 13.2 Å². The van der Waals surface area contributed by atoms with Crippen molar-refractivity contribution in [3.05, 3.63) is 29.8 Å². The highest BCUT2D eigenvalue weighted by atomic mass is 16.5. The number of ether oxygens (including phenoxy) is 1. The summed E-state index contributed by atoms with van der Waals surface area (Å²) >= 11 is 0. The van der Waals surface area contributed by atoms with Gasteiger partial charge in [-0.15, -0.1) is 0 Å². The summed E-state index contributed by atoms with van der Waals surface area (Å²) in [6, 6.07) is 9.42. The average Bonchev–Trinajstić information content (AvgIpc) is 2.51. The first-order valence-electron chi connectivity index (χ1n) is 8.23. The monoisotopic (exact) mass is 290 g/mol. The van der Waals surface area contributed by atoms with Gasteiger partial charge in [0.1, 0.15) is 5.75 Å². The van der Waals surface area contributed by atoms with Gasteiger partial charge in [-0.05, 0) is 56.3 Å². The highest BCUT2D eigenvalue weighted by molar-refractivity contribution is 5.31. The van der Waals surface area contributed by atoms with Crippen molar-refractivity contribution in [2.45, 2.75) is 58.2 Å². The van der Waals surface area contributed by atoms with Crippen molar-refractivity contribution in [1.29, 1.82) is 0 Å². The van der Waals surface area contributed by atoms with Crippen molar-refractivity contribution in [2.75, 3.05) is 13.7 Å². The van der Waals surface area contributed by atoms with Crippen molar-refractivity contribution < 1.29 is 4.74 Å². The number of likely N-dealkylation sites (tertiary alicyclic amines) is 1. The molecule has 1 aliphatic rings. The second-order valence-corrected chi connectivity index (χ2v) is 6.39. The summed E-state index contributed by atoms with van der Waals surface area (Å²) in [5.74, 6) is 1.65. The fraction of sp³-hybridized carbons (Fsp3) is 0.667. The third-order valence-corrected chi connectivity index (χ3v) is 5.09. The molecule has 1 aromatic rings. The average molecular weight is 290 g/mol. The van der Waals surface area contributed by atoms with E-state index in [1.165, 1.54) is 18.4 Å². The fourth-order valence-electron chi connectivity index (χ4n) is 3.49. The Hall–Kier alpha value is -1.06. The second kappa shape index (κ2) is 7.28. The van der Waals surface area contributed by atoms with Gasteiger partial charge in [0, 0.05) is 12.1 Å². The van der Waals surface area contributed by atoms with Gasteiger partial charge in [-0.25, -0.2) is 0 Å². The molecule has 1 aliphatic heterocycles. The summed E-state index contributed by atoms with van der Waals surface area (Å²) in [7, 11) is 1.72. The maximum Gasteiger partial charge on any atom is 0.119 e. The summed E-state index contributed by atoms with van der Waals surface area (Å²) < 4.78 is 5.39. The minimum atomic E-state index is 0.157. The first-order chi connectivity index (χ1) is 10.1. The lowest BCUT2D eigenvalue weighted by Crippen LogP contribution is -2.49. The van der Waals surface area contributed by atoms with Crippen LogP contribution in [0.5, 0.6) is 5.75 Å². The Bertz CT molecular complexity index is 449. The third kappa shape index (κ3) is 3.58. The zero-order chi connectivity index (χ0) is 15.4. The molecule has 1 aromatic carbocycles. The highest BCUT2D eigenvalue weighted by Crippen LogP contribution is 2.34. The molecule has 3 nitrogen and oxygen atoms in total. The van der Waals surface area contributed by atoms with E-state index >= 15 is 0 Å². The summed E-state index contributed by atoms with van der Waals surface area (Å²) in [4.78, 5) is 2.61. The van der Waals surface area contributed by atoms with Gasteiger partial charge in [0.15, 0.2) is 0 Å². The lowest BCUT2D eigenvalue weighted by atomic mass is 9.87. The number of piperidine rings is 1. The van der Waals surface area contributed by atoms with Crippen molar-refractivity contribution in [3.63, 3.8) is 0 Å². The van der Waals surface area contributed by atoms with E-state index in [1.54, 1.807) is 7.11 Å². The van der Waals surface area contributed by atoms with Crippen LogP contribution in [-0.4, -0.2) is 30.6 Å². The van der Waals surface area contributed by atoms with Gasteiger partial charge < -0.3 is 10.5 Å². The first-order valence-corrected chi connectivity index (χ1v) is 8.23. The number of nitrogens with zero attached hydrogens (tertiary/aromatic N) is 1. The predicted molar refractivity (Wildman–Crippen MR) is 88.6 cm³/mol. The number of hydrogen-bond donors (Lipinski definition) is 1. The topological polar surface area (TPSA) is 38.5 Å². The Kier molecular flexibility index (Phi) is 5.65. The molecule has 0 spiro atoms. The standard InChI is InChI=1S/C18H30N2O/c1-5-17(19)18(15-9-6-10-16(12-15)21-4)20-11-7-8-13(2)14(20)3/h6,9-10,12-14,17-18H,5,7-8,11,19H2,1-4H3. The largest absolute Gasteiger partial charge is 0.497 e. The smallest absolute Gasteiger partial charge is 0.119 e. The van der Waals surface area contributed by atoms with E-state index < -0.39 is 0 Å². The van der Waals surface area contributed by atoms with Crippen molar-refractivity contribution in [1.82, 2.24) is 4.90 Å². The van der Waals surface area contributed by atoms with E-state index in [0.29, 0.717) is 6.04 Å². The van der Waals surface area contributed by atoms with E-state index in [1.807, 2.05) is 6.07 Å². The van der Waals surface area contributed by atoms with Gasteiger partial charge in [0.2, 0.25) is 0 Å². The Morgan fingerprint density at radius 3 is 2.81 bits per heavy atom. The summed E-state index contributed by atoms with van der Waals surface area (Å²) in [6.07, 6.45) is 3.58. The van der Waals surface area contributed by atoms with Gasteiger partial charge in [-0.1, -0.05) is 26.0 Å². The Labute approximate surface area is 129 Å². The van der Waals surface area contributed by atoms with E-state index in [9.17, 15) is 0 Å². The molecule has 21 heavy (non-hydrogen) atoms. The quantitative estimate of drug-likeness (QED) is 0.900. The molecule has 0 aliphatic carbocycles. The maximum atomic E-state index is 6.50. The van der Waals surface area contributed by atoms with Crippen LogP contribution in [0.1, 0.15) is 51.6 Å². The Balaban J connectivity index is 2.33. The molecule has 4 unspecified atom stereocenters. The summed E-state index contributed by atoms with van der Waals surface area (Å²) in [5.41, 5.74) is 7.78. The van der Waals surface area contributed by atoms with Gasteiger partial charge >= 0.3 is 0 Å². The minimum absolute atomic E-state index is 0.157. The zero-order valence-electron chi connectivity index (χ0n) is 13.9. The number of benzene rings is 1. The van der Waals surface area contributed by atoms with Crippen molar-refractivity contribution in [3.8, 4) is 5.75 Å². The van der Waals surface area contributed by atoms with Crippen LogP contribution in [0.2, 0.25) is 0 Å². The Morgan fingerprint density at radius 1 is 1.38 bits per heavy atom. The normalized spacial score (nSPS) is 26.3. The van der Waals surface area contributed by atoms with Crippen LogP contribution in [0.15, 0.2) is 24.3 Å². The second-order valence-electron chi connectivity index (χ2n) is 6.39. The van der Waals surface area contributed by atoms with Gasteiger partial charge in [0.25, 0.3) is 0 Å². The molecule has 1 fully saturated rings. The molecule has 0 amide bonds. The van der Waals surface area contributed by atoms with Gasteiger partial charge in [-0.2, -0.15) is 0 Å². The molecule has 1 heterocycles. The van der Waals surface area contributed by atoms with Crippen LogP contribution in [0.3, 0.4) is 0 Å². The molecular formula is C18H30N2O. The third-order valence-electron chi connectivity index (χ3n) is 5.09. The highest BCUT2D eigenvalue weighted by Gasteiger charge is 2.33. The molecule has 1 saturated heterocycles. The molecule has 0 saturated carbocycles. The summed E-state index contributed by atoms with van der Waals surface area (Å²) in [5, 5.41) is 0. The van der Waals surface area contributed by atoms with E-state index in [-0.39, 0.29) is 12.1 Å². The van der Waals surface area contributed by atoms with Crippen LogP contribution in [0.4, 0.5) is 0 Å². The number of methoxy groups -OCH3 is 1. The van der Waals surface area contributed by atoms with Gasteiger partial charge in [-0.3, -0.25) is 4.90 Å². The molecule has 0 aromatic heterocycles. The maximum absolute atomic E-state index is 6.50. The van der Waals surface area contributed by atoms with Crippen molar-refractivity contribution >= 4 is 0 Å². The molecule has 0 radical (unpaired) electrons. The van der Waals surface area contributed by atoms with Crippen LogP contribution in [0.25, 0.3) is 0 Å². The Morgan fingerprint density at radius 2 is 2.14 bits per heavy atom. The summed E-state index contributed by atoms with van der Waals surface area (Å²) in [6.45, 7) is 8.02. The van der Waals surface area contributed by atoms with Crippen LogP contribution in [-0.2, 0) is 0 Å². The van der Waals surface area contributed by atoms with E-state index in [2.05, 4.69) is 43.9 Å². The predicted octanol–water partition coefficient (Wildman–Crippen LogP) is 3.59. The van der Waals surface area contributed by atoms with Crippen LogP contribution < -0.4 is 10.5 Å². The molecule has 2 rings (SSSR count). The molecule has 0 bridgehead atoms. The SMILES string of the molecule is CCC(N)C(c1cccc(OC)c1)N1CCCC(C)C1C. The zero-order valence-corrected chi connectivity index (χ0v) is 13.9. The van der Waals surface area contributed by atoms with E-state index in [0.717, 1.165) is 24.6 Å². The van der Waals surface area contributed by atoms with Crippen LogP contribution in [0, 0.1) is 5.92 Å². The molecule has 2 N–H and O–H groups in total. The fourth-order valence-corrected chi connectivity index (χ4v) is 3.49. The lowest BCUT2D eigenvalue weighted by Gasteiger charge is -2.45. The van der Waals surface area contributed by atoms with E-state index in [4.69, 9.17) is 10.5 Å². The number of rotatable bonds is 5. The number of hydrogen-bond acceptors (Lipinski definition) is 3. The van der Waals surface area contributed by atoms with Crippen molar-refractivity contribution in [2.24, 2.45) is 11.7 Å². The molecule has 118 valence electrons. The lowest BCUT2D eigenvalue weighted by molar-refractivity contribution is 0.0545. The molecular weight excluding hydrogens is 260 g/mol. The minimum Gasteiger partial charge on any atom is -0.497 e. The van der Waals surface area contributed by atoms with Crippen LogP contribution >= 0.6 is 0 Å². The molecule has 3 heteroatoms. The molecule has 4 atom stereocenters.